The Labute approximate surface area is 85.2 Å². The Morgan fingerprint density at radius 2 is 2.14 bits per heavy atom. The fraction of sp³-hybridized carbons (Fsp3) is 0.100. The van der Waals surface area contributed by atoms with Gasteiger partial charge in [0.2, 0.25) is 0 Å². The van der Waals surface area contributed by atoms with Crippen molar-refractivity contribution >= 4 is 17.1 Å². The van der Waals surface area contributed by atoms with Gasteiger partial charge in [-0.15, -0.1) is 0 Å². The summed E-state index contributed by atoms with van der Waals surface area (Å²) in [4.78, 5) is 11.6. The molecule has 2 rings (SSSR count). The first-order chi connectivity index (χ1) is 6.72. The van der Waals surface area contributed by atoms with Gasteiger partial charge in [-0.25, -0.2) is 0 Å². The molecule has 0 fully saturated rings. The molecule has 0 spiro atoms. The molecule has 2 aromatic heterocycles. The average Bonchev–Trinajstić information content (AvgIpc) is 2.18. The normalized spacial score (nSPS) is 10.7. The first-order valence-electron chi connectivity index (χ1n) is 4.13. The molecule has 0 aromatic carbocycles. The van der Waals surface area contributed by atoms with Crippen LogP contribution >= 0.6 is 11.6 Å². The van der Waals surface area contributed by atoms with Crippen LogP contribution < -0.4 is 5.56 Å². The van der Waals surface area contributed by atoms with Gasteiger partial charge >= 0.3 is 0 Å². The Kier molecular flexibility index (Phi) is 2.27. The van der Waals surface area contributed by atoms with E-state index >= 15 is 0 Å². The van der Waals surface area contributed by atoms with Crippen molar-refractivity contribution in [1.29, 1.82) is 0 Å². The fourth-order valence-electron chi connectivity index (χ4n) is 1.34. The monoisotopic (exact) mass is 209 g/mol. The van der Waals surface area contributed by atoms with Gasteiger partial charge in [-0.2, -0.15) is 0 Å². The average molecular weight is 210 g/mol. The minimum Gasteiger partial charge on any atom is -0.391 e. The first kappa shape index (κ1) is 9.24. The number of nitrogens with zero attached hydrogens (tertiary/aromatic N) is 1. The van der Waals surface area contributed by atoms with Gasteiger partial charge in [-0.3, -0.25) is 9.20 Å². The van der Waals surface area contributed by atoms with Crippen LogP contribution in [0, 0.1) is 0 Å². The Balaban J connectivity index is 2.84. The summed E-state index contributed by atoms with van der Waals surface area (Å²) in [5.41, 5.74) is 0.895. The third-order valence-electron chi connectivity index (χ3n) is 2.07. The number of aliphatic hydroxyl groups is 1. The summed E-state index contributed by atoms with van der Waals surface area (Å²) in [6.45, 7) is -0.246. The van der Waals surface area contributed by atoms with Crippen molar-refractivity contribution < 1.29 is 5.11 Å². The second-order valence-electron chi connectivity index (χ2n) is 2.96. The molecule has 2 heterocycles. The van der Waals surface area contributed by atoms with Gasteiger partial charge in [-0.1, -0.05) is 11.6 Å². The molecule has 0 aliphatic rings. The summed E-state index contributed by atoms with van der Waals surface area (Å²) < 4.78 is 1.46. The number of halogens is 1. The zero-order chi connectivity index (χ0) is 10.1. The SMILES string of the molecule is O=c1c(CO)ccc2cc(Cl)ccn12. The second kappa shape index (κ2) is 3.44. The van der Waals surface area contributed by atoms with E-state index in [4.69, 9.17) is 16.7 Å². The van der Waals surface area contributed by atoms with Gasteiger partial charge in [0.1, 0.15) is 0 Å². The van der Waals surface area contributed by atoms with Crippen LogP contribution in [0.4, 0.5) is 0 Å². The van der Waals surface area contributed by atoms with Crippen molar-refractivity contribution in [1.82, 2.24) is 4.40 Å². The van der Waals surface area contributed by atoms with Crippen LogP contribution in [0.2, 0.25) is 5.02 Å². The second-order valence-corrected chi connectivity index (χ2v) is 3.40. The standard InChI is InChI=1S/C10H8ClNO2/c11-8-3-4-12-9(5-8)2-1-7(6-13)10(12)14/h1-5,13H,6H2. The highest BCUT2D eigenvalue weighted by molar-refractivity contribution is 6.30. The highest BCUT2D eigenvalue weighted by Gasteiger charge is 2.01. The molecule has 0 aliphatic carbocycles. The van der Waals surface area contributed by atoms with Gasteiger partial charge in [0, 0.05) is 16.8 Å². The largest absolute Gasteiger partial charge is 0.391 e. The van der Waals surface area contributed by atoms with E-state index in [2.05, 4.69) is 0 Å². The third-order valence-corrected chi connectivity index (χ3v) is 2.30. The predicted octanol–water partition coefficient (Wildman–Crippen LogP) is 1.45. The number of hydrogen-bond donors (Lipinski definition) is 1. The predicted molar refractivity (Wildman–Crippen MR) is 54.6 cm³/mol. The minimum atomic E-state index is -0.246. The lowest BCUT2D eigenvalue weighted by Crippen LogP contribution is -2.17. The van der Waals surface area contributed by atoms with E-state index in [9.17, 15) is 4.79 Å². The van der Waals surface area contributed by atoms with E-state index in [-0.39, 0.29) is 12.2 Å². The molecule has 0 saturated carbocycles. The van der Waals surface area contributed by atoms with Crippen LogP contribution in [0.5, 0.6) is 0 Å². The lowest BCUT2D eigenvalue weighted by Gasteiger charge is -2.02. The van der Waals surface area contributed by atoms with Gasteiger partial charge in [0.25, 0.3) is 5.56 Å². The summed E-state index contributed by atoms with van der Waals surface area (Å²) >= 11 is 5.78. The number of rotatable bonds is 1. The zero-order valence-corrected chi connectivity index (χ0v) is 8.03. The van der Waals surface area contributed by atoms with Crippen LogP contribution in [-0.4, -0.2) is 9.51 Å². The van der Waals surface area contributed by atoms with Gasteiger partial charge in [0.15, 0.2) is 0 Å². The van der Waals surface area contributed by atoms with E-state index in [1.54, 1.807) is 30.5 Å². The van der Waals surface area contributed by atoms with Gasteiger partial charge in [-0.05, 0) is 24.3 Å². The van der Waals surface area contributed by atoms with E-state index in [0.29, 0.717) is 10.6 Å². The Morgan fingerprint density at radius 3 is 2.86 bits per heavy atom. The molecule has 0 bridgehead atoms. The quantitative estimate of drug-likeness (QED) is 0.773. The number of aliphatic hydroxyl groups excluding tert-OH is 1. The highest BCUT2D eigenvalue weighted by Crippen LogP contribution is 2.10. The van der Waals surface area contributed by atoms with Crippen molar-refractivity contribution in [3.8, 4) is 0 Å². The van der Waals surface area contributed by atoms with Crippen molar-refractivity contribution in [2.24, 2.45) is 0 Å². The number of hydrogen-bond acceptors (Lipinski definition) is 2. The highest BCUT2D eigenvalue weighted by atomic mass is 35.5. The van der Waals surface area contributed by atoms with Crippen LogP contribution in [0.1, 0.15) is 5.56 Å². The fourth-order valence-corrected chi connectivity index (χ4v) is 1.50. The molecule has 0 saturated heterocycles. The Hall–Kier alpha value is -1.32. The molecule has 1 N–H and O–H groups in total. The number of pyridine rings is 2. The molecule has 0 unspecified atom stereocenters. The molecular weight excluding hydrogens is 202 g/mol. The maximum Gasteiger partial charge on any atom is 0.260 e. The topological polar surface area (TPSA) is 41.7 Å². The van der Waals surface area contributed by atoms with Crippen molar-refractivity contribution in [3.05, 3.63) is 51.4 Å². The maximum absolute atomic E-state index is 11.6. The van der Waals surface area contributed by atoms with Gasteiger partial charge in [0.05, 0.1) is 12.1 Å². The van der Waals surface area contributed by atoms with Crippen LogP contribution in [0.3, 0.4) is 0 Å². The lowest BCUT2D eigenvalue weighted by atomic mass is 10.2. The summed E-state index contributed by atoms with van der Waals surface area (Å²) in [6, 6.07) is 6.69. The van der Waals surface area contributed by atoms with Crippen molar-refractivity contribution in [2.75, 3.05) is 0 Å². The lowest BCUT2D eigenvalue weighted by molar-refractivity contribution is 0.280. The molecule has 14 heavy (non-hydrogen) atoms. The molecule has 0 atom stereocenters. The van der Waals surface area contributed by atoms with E-state index in [1.165, 1.54) is 4.40 Å². The molecule has 72 valence electrons. The summed E-state index contributed by atoms with van der Waals surface area (Å²) in [5, 5.41) is 9.48. The van der Waals surface area contributed by atoms with E-state index in [0.717, 1.165) is 5.52 Å². The molecule has 2 aromatic rings. The third kappa shape index (κ3) is 1.41. The molecule has 0 amide bonds. The van der Waals surface area contributed by atoms with Crippen LogP contribution in [0.25, 0.3) is 5.52 Å². The van der Waals surface area contributed by atoms with Crippen molar-refractivity contribution in [3.63, 3.8) is 0 Å². The molecule has 4 heteroatoms. The molecular formula is C10H8ClNO2. The molecule has 0 aliphatic heterocycles. The van der Waals surface area contributed by atoms with Crippen LogP contribution in [-0.2, 0) is 6.61 Å². The number of fused-ring (bicyclic) bond motifs is 1. The van der Waals surface area contributed by atoms with Crippen LogP contribution in [0.15, 0.2) is 35.3 Å². The Bertz CT molecular complexity index is 533. The zero-order valence-electron chi connectivity index (χ0n) is 7.27. The number of aromatic nitrogens is 1. The molecule has 0 radical (unpaired) electrons. The smallest absolute Gasteiger partial charge is 0.260 e. The summed E-state index contributed by atoms with van der Waals surface area (Å²) in [6.07, 6.45) is 1.60. The Morgan fingerprint density at radius 1 is 1.36 bits per heavy atom. The maximum atomic E-state index is 11.6. The van der Waals surface area contributed by atoms with Gasteiger partial charge < -0.3 is 5.11 Å². The summed E-state index contributed by atoms with van der Waals surface area (Å²) in [7, 11) is 0. The molecule has 3 nitrogen and oxygen atoms in total. The summed E-state index contributed by atoms with van der Waals surface area (Å²) in [5.74, 6) is 0. The first-order valence-corrected chi connectivity index (χ1v) is 4.51. The van der Waals surface area contributed by atoms with E-state index < -0.39 is 0 Å². The van der Waals surface area contributed by atoms with E-state index in [1.807, 2.05) is 0 Å². The van der Waals surface area contributed by atoms with Crippen molar-refractivity contribution in [2.45, 2.75) is 6.61 Å². The minimum absolute atomic E-state index is 0.207.